The minimum Gasteiger partial charge on any atom is -0.496 e. The van der Waals surface area contributed by atoms with E-state index in [1.165, 1.54) is 0 Å². The SMILES string of the molecule is COc1cc(OC)c(CN2C=[N+](Cc3c(OC)cc(OC)cc3OC)CC2)c(OC)c1. The summed E-state index contributed by atoms with van der Waals surface area (Å²) in [5.74, 6) is 4.34. The van der Waals surface area contributed by atoms with Crippen molar-refractivity contribution in [2.24, 2.45) is 0 Å². The van der Waals surface area contributed by atoms with Crippen LogP contribution >= 0.6 is 0 Å². The van der Waals surface area contributed by atoms with Crippen molar-refractivity contribution in [3.8, 4) is 34.5 Å². The minimum atomic E-state index is 0.656. The van der Waals surface area contributed by atoms with Crippen LogP contribution in [0.1, 0.15) is 11.1 Å². The minimum absolute atomic E-state index is 0.656. The van der Waals surface area contributed by atoms with Gasteiger partial charge in [-0.15, -0.1) is 0 Å². The maximum Gasteiger partial charge on any atom is 0.234 e. The third-order valence-corrected chi connectivity index (χ3v) is 5.36. The Morgan fingerprint density at radius 2 is 1.13 bits per heavy atom. The number of nitrogens with zero attached hydrogens (tertiary/aromatic N) is 2. The second-order valence-corrected chi connectivity index (χ2v) is 7.08. The molecule has 1 aliphatic rings. The average Bonchev–Trinajstić information content (AvgIpc) is 3.25. The summed E-state index contributed by atoms with van der Waals surface area (Å²) in [5, 5.41) is 0. The number of rotatable bonds is 10. The summed E-state index contributed by atoms with van der Waals surface area (Å²) in [6, 6.07) is 7.50. The first-order valence-corrected chi connectivity index (χ1v) is 9.97. The molecule has 3 rings (SSSR count). The van der Waals surface area contributed by atoms with Crippen LogP contribution in [0.25, 0.3) is 0 Å². The van der Waals surface area contributed by atoms with E-state index in [4.69, 9.17) is 28.4 Å². The molecule has 0 radical (unpaired) electrons. The van der Waals surface area contributed by atoms with E-state index in [1.807, 2.05) is 24.3 Å². The molecule has 0 bridgehead atoms. The Labute approximate surface area is 183 Å². The molecule has 0 N–H and O–H groups in total. The van der Waals surface area contributed by atoms with Gasteiger partial charge < -0.3 is 28.4 Å². The van der Waals surface area contributed by atoms with Gasteiger partial charge in [0.15, 0.2) is 0 Å². The van der Waals surface area contributed by atoms with Crippen molar-refractivity contribution in [1.82, 2.24) is 4.90 Å². The summed E-state index contributed by atoms with van der Waals surface area (Å²) in [4.78, 5) is 2.23. The van der Waals surface area contributed by atoms with E-state index < -0.39 is 0 Å². The highest BCUT2D eigenvalue weighted by Crippen LogP contribution is 2.36. The number of hydrogen-bond donors (Lipinski definition) is 0. The molecule has 0 fully saturated rings. The van der Waals surface area contributed by atoms with Gasteiger partial charge in [0.1, 0.15) is 60.7 Å². The van der Waals surface area contributed by atoms with Crippen LogP contribution < -0.4 is 28.4 Å². The molecule has 0 atom stereocenters. The van der Waals surface area contributed by atoms with E-state index >= 15 is 0 Å². The first-order chi connectivity index (χ1) is 15.1. The zero-order valence-corrected chi connectivity index (χ0v) is 19.1. The second-order valence-electron chi connectivity index (χ2n) is 7.08. The number of methoxy groups -OCH3 is 6. The third kappa shape index (κ3) is 4.90. The highest BCUT2D eigenvalue weighted by Gasteiger charge is 2.26. The molecule has 31 heavy (non-hydrogen) atoms. The molecule has 8 nitrogen and oxygen atoms in total. The molecule has 0 saturated heterocycles. The van der Waals surface area contributed by atoms with Crippen molar-refractivity contribution in [1.29, 1.82) is 0 Å². The van der Waals surface area contributed by atoms with Crippen LogP contribution in [0.2, 0.25) is 0 Å². The van der Waals surface area contributed by atoms with E-state index in [0.29, 0.717) is 24.6 Å². The molecule has 1 aliphatic heterocycles. The lowest BCUT2D eigenvalue weighted by Gasteiger charge is -2.16. The van der Waals surface area contributed by atoms with Gasteiger partial charge >= 0.3 is 0 Å². The highest BCUT2D eigenvalue weighted by molar-refractivity contribution is 5.56. The molecule has 2 aromatic carbocycles. The van der Waals surface area contributed by atoms with E-state index in [9.17, 15) is 0 Å². The van der Waals surface area contributed by atoms with E-state index in [0.717, 1.165) is 47.2 Å². The molecule has 0 unspecified atom stereocenters. The summed E-state index contributed by atoms with van der Waals surface area (Å²) in [5.41, 5.74) is 1.95. The number of benzene rings is 2. The summed E-state index contributed by atoms with van der Waals surface area (Å²) >= 11 is 0. The van der Waals surface area contributed by atoms with Crippen molar-refractivity contribution in [3.63, 3.8) is 0 Å². The molecule has 0 amide bonds. The summed E-state index contributed by atoms with van der Waals surface area (Å²) < 4.78 is 35.3. The largest absolute Gasteiger partial charge is 0.496 e. The first kappa shape index (κ1) is 22.4. The molecule has 8 heteroatoms. The van der Waals surface area contributed by atoms with Gasteiger partial charge in [-0.05, 0) is 0 Å². The molecular weight excluding hydrogens is 400 g/mol. The molecule has 0 saturated carbocycles. The smallest absolute Gasteiger partial charge is 0.234 e. The van der Waals surface area contributed by atoms with Gasteiger partial charge in [0.05, 0.1) is 53.8 Å². The van der Waals surface area contributed by atoms with Crippen molar-refractivity contribution in [2.75, 3.05) is 55.7 Å². The van der Waals surface area contributed by atoms with Gasteiger partial charge in [0.25, 0.3) is 0 Å². The first-order valence-electron chi connectivity index (χ1n) is 9.97. The van der Waals surface area contributed by atoms with Gasteiger partial charge in [-0.1, -0.05) is 0 Å². The van der Waals surface area contributed by atoms with Gasteiger partial charge in [0.2, 0.25) is 6.34 Å². The van der Waals surface area contributed by atoms with Gasteiger partial charge in [-0.2, -0.15) is 0 Å². The fourth-order valence-corrected chi connectivity index (χ4v) is 3.72. The summed E-state index contributed by atoms with van der Waals surface area (Å²) in [7, 11) is 9.86. The molecule has 0 aliphatic carbocycles. The van der Waals surface area contributed by atoms with Gasteiger partial charge in [0, 0.05) is 24.3 Å². The Bertz CT molecular complexity index is 894. The van der Waals surface area contributed by atoms with Crippen molar-refractivity contribution >= 4 is 6.34 Å². The van der Waals surface area contributed by atoms with Crippen LogP contribution in [0.3, 0.4) is 0 Å². The Morgan fingerprint density at radius 1 is 0.677 bits per heavy atom. The lowest BCUT2D eigenvalue weighted by Crippen LogP contribution is -2.20. The van der Waals surface area contributed by atoms with Crippen molar-refractivity contribution in [2.45, 2.75) is 13.1 Å². The van der Waals surface area contributed by atoms with Crippen LogP contribution in [0.4, 0.5) is 0 Å². The topological polar surface area (TPSA) is 61.6 Å². The van der Waals surface area contributed by atoms with Crippen LogP contribution in [0, 0.1) is 0 Å². The molecule has 168 valence electrons. The molecule has 0 aromatic heterocycles. The van der Waals surface area contributed by atoms with E-state index in [2.05, 4.69) is 15.8 Å². The lowest BCUT2D eigenvalue weighted by atomic mass is 10.1. The normalized spacial score (nSPS) is 13.0. The Kier molecular flexibility index (Phi) is 7.33. The fraction of sp³-hybridized carbons (Fsp3) is 0.435. The Hall–Kier alpha value is -3.29. The number of ether oxygens (including phenoxy) is 6. The van der Waals surface area contributed by atoms with E-state index in [1.54, 1.807) is 42.7 Å². The van der Waals surface area contributed by atoms with Crippen LogP contribution in [0.5, 0.6) is 34.5 Å². The third-order valence-electron chi connectivity index (χ3n) is 5.36. The second kappa shape index (κ2) is 10.1. The Morgan fingerprint density at radius 3 is 1.55 bits per heavy atom. The predicted octanol–water partition coefficient (Wildman–Crippen LogP) is 2.79. The molecule has 1 heterocycles. The average molecular weight is 432 g/mol. The fourth-order valence-electron chi connectivity index (χ4n) is 3.72. The van der Waals surface area contributed by atoms with Crippen molar-refractivity contribution < 1.29 is 33.0 Å². The van der Waals surface area contributed by atoms with Crippen LogP contribution in [0.15, 0.2) is 24.3 Å². The number of hydrogen-bond acceptors (Lipinski definition) is 7. The maximum absolute atomic E-state index is 5.59. The molecule has 2 aromatic rings. The summed E-state index contributed by atoms with van der Waals surface area (Å²) in [6.45, 7) is 3.06. The van der Waals surface area contributed by atoms with Gasteiger partial charge in [-0.3, -0.25) is 9.48 Å². The van der Waals surface area contributed by atoms with E-state index in [-0.39, 0.29) is 0 Å². The highest BCUT2D eigenvalue weighted by atomic mass is 16.5. The quantitative estimate of drug-likeness (QED) is 0.536. The summed E-state index contributed by atoms with van der Waals surface area (Å²) in [6.07, 6.45) is 2.12. The molecular formula is C23H31N2O6+. The monoisotopic (exact) mass is 431 g/mol. The van der Waals surface area contributed by atoms with Crippen molar-refractivity contribution in [3.05, 3.63) is 35.4 Å². The van der Waals surface area contributed by atoms with Crippen LogP contribution in [-0.2, 0) is 13.1 Å². The predicted molar refractivity (Wildman–Crippen MR) is 118 cm³/mol. The lowest BCUT2D eigenvalue weighted by molar-refractivity contribution is -0.530. The zero-order valence-electron chi connectivity index (χ0n) is 19.1. The maximum atomic E-state index is 5.59. The molecule has 0 spiro atoms. The van der Waals surface area contributed by atoms with Gasteiger partial charge in [-0.25, -0.2) is 0 Å². The standard InChI is InChI=1S/C23H31N2O6/c1-26-16-9-20(28-3)18(21(10-16)29-4)13-24-7-8-25(15-24)14-19-22(30-5)11-17(27-2)12-23(19)31-6/h9-12,15H,7-8,13-14H2,1-6H3/q+1. The zero-order chi connectivity index (χ0) is 22.4. The Balaban J connectivity index is 1.83. The van der Waals surface area contributed by atoms with Crippen LogP contribution in [-0.4, -0.2) is 71.6 Å².